The summed E-state index contributed by atoms with van der Waals surface area (Å²) in [4.78, 5) is 0. The fourth-order valence-electron chi connectivity index (χ4n) is 10.6. The van der Waals surface area contributed by atoms with E-state index in [1.54, 1.807) is 193 Å². The Labute approximate surface area is 262 Å². The molecule has 0 aromatic heterocycles. The Kier molecular flexibility index (Phi) is 16.3. The molecule has 0 unspecified atom stereocenters. The number of hydrogen-bond acceptors (Lipinski definition) is 0. The summed E-state index contributed by atoms with van der Waals surface area (Å²) in [6.45, 7) is 0. The SMILES string of the molecule is C1CCC([PH+](C2CCCCC2)C2CCCCC2)CC1.C1CCC([PH+](C2CCCCC2)C2CCCCC2)CC1.[Pt]. The second-order valence-electron chi connectivity index (χ2n) is 15.0. The van der Waals surface area contributed by atoms with E-state index in [-0.39, 0.29) is 36.9 Å². The van der Waals surface area contributed by atoms with Crippen LogP contribution in [0.15, 0.2) is 0 Å². The van der Waals surface area contributed by atoms with Crippen molar-refractivity contribution in [3.63, 3.8) is 0 Å². The van der Waals surface area contributed by atoms with Gasteiger partial charge in [0.2, 0.25) is 0 Å². The standard InChI is InChI=1S/2C18H33P.Pt/c2*1-4-10-16(11-5-1)19(17-12-6-2-7-13-17)18-14-8-3-9-15-18;/h2*16-18H,1-15H2;/p+2. The van der Waals surface area contributed by atoms with E-state index >= 15 is 0 Å². The molecule has 0 aromatic carbocycles. The molecule has 6 rings (SSSR count). The monoisotopic (exact) mass is 757 g/mol. The summed E-state index contributed by atoms with van der Waals surface area (Å²) in [6.07, 6.45) is 47.6. The van der Waals surface area contributed by atoms with Crippen molar-refractivity contribution in [1.82, 2.24) is 0 Å². The van der Waals surface area contributed by atoms with Crippen molar-refractivity contribution in [3.8, 4) is 0 Å². The van der Waals surface area contributed by atoms with Crippen molar-refractivity contribution in [2.24, 2.45) is 0 Å². The maximum Gasteiger partial charge on any atom is 0.0680 e. The van der Waals surface area contributed by atoms with Gasteiger partial charge in [0.15, 0.2) is 0 Å². The van der Waals surface area contributed by atoms with Crippen LogP contribution in [-0.2, 0) is 21.1 Å². The number of hydrogen-bond donors (Lipinski definition) is 0. The molecule has 0 heterocycles. The van der Waals surface area contributed by atoms with Crippen molar-refractivity contribution in [2.45, 2.75) is 227 Å². The minimum Gasteiger partial charge on any atom is -0.0530 e. The van der Waals surface area contributed by atoms with Gasteiger partial charge in [0.25, 0.3) is 0 Å². The first-order valence-corrected chi connectivity index (χ1v) is 22.1. The van der Waals surface area contributed by atoms with Crippen LogP contribution in [0, 0.1) is 0 Å². The maximum atomic E-state index is 1.63. The van der Waals surface area contributed by atoms with E-state index in [0.29, 0.717) is 0 Å². The molecule has 6 saturated carbocycles. The van der Waals surface area contributed by atoms with E-state index in [1.807, 2.05) is 0 Å². The Morgan fingerprint density at radius 2 is 0.333 bits per heavy atom. The average molecular weight is 758 g/mol. The van der Waals surface area contributed by atoms with Gasteiger partial charge in [0.05, 0.1) is 34.0 Å². The van der Waals surface area contributed by atoms with Crippen LogP contribution >= 0.6 is 15.8 Å². The van der Waals surface area contributed by atoms with Gasteiger partial charge in [-0.3, -0.25) is 0 Å². The average Bonchev–Trinajstić information content (AvgIpc) is 3.01. The zero-order chi connectivity index (χ0) is 25.8. The first-order valence-electron chi connectivity index (χ1n) is 18.6. The predicted octanol–water partition coefficient (Wildman–Crippen LogP) is 12.4. The third-order valence-electron chi connectivity index (χ3n) is 12.5. The van der Waals surface area contributed by atoms with Crippen LogP contribution in [0.4, 0.5) is 0 Å². The summed E-state index contributed by atoms with van der Waals surface area (Å²) in [5.41, 5.74) is 7.36. The molecule has 0 radical (unpaired) electrons. The molecule has 39 heavy (non-hydrogen) atoms. The fraction of sp³-hybridized carbons (Fsp3) is 1.00. The third-order valence-corrected chi connectivity index (χ3v) is 21.6. The van der Waals surface area contributed by atoms with Crippen molar-refractivity contribution in [2.75, 3.05) is 0 Å². The van der Waals surface area contributed by atoms with Crippen LogP contribution in [0.3, 0.4) is 0 Å². The molecule has 6 aliphatic rings. The first-order chi connectivity index (χ1) is 18.9. The molecular formula is C36H68P2Pt+2. The Hall–Kier alpha value is 1.55. The van der Waals surface area contributed by atoms with Gasteiger partial charge < -0.3 is 0 Å². The van der Waals surface area contributed by atoms with Crippen LogP contribution in [0.25, 0.3) is 0 Å². The van der Waals surface area contributed by atoms with Crippen molar-refractivity contribution in [3.05, 3.63) is 0 Å². The summed E-state index contributed by atoms with van der Waals surface area (Å²) >= 11 is 0. The Balaban J connectivity index is 0.000000176. The largest absolute Gasteiger partial charge is 0.0680 e. The van der Waals surface area contributed by atoms with E-state index in [9.17, 15) is 0 Å². The van der Waals surface area contributed by atoms with Crippen LogP contribution in [-0.4, -0.2) is 34.0 Å². The van der Waals surface area contributed by atoms with Crippen molar-refractivity contribution in [1.29, 1.82) is 0 Å². The summed E-state index contributed by atoms with van der Waals surface area (Å²) in [7, 11) is -0.0930. The maximum absolute atomic E-state index is 1.63. The summed E-state index contributed by atoms with van der Waals surface area (Å²) < 4.78 is 0. The van der Waals surface area contributed by atoms with Crippen molar-refractivity contribution < 1.29 is 21.1 Å². The molecule has 6 aliphatic carbocycles. The molecule has 0 amide bonds. The molecule has 6 fully saturated rings. The molecule has 0 nitrogen and oxygen atoms in total. The third kappa shape index (κ3) is 10.3. The van der Waals surface area contributed by atoms with Crippen LogP contribution in [0.5, 0.6) is 0 Å². The van der Waals surface area contributed by atoms with E-state index < -0.39 is 0 Å². The summed E-state index contributed by atoms with van der Waals surface area (Å²) in [5, 5.41) is 0. The quantitative estimate of drug-likeness (QED) is 0.237. The Bertz CT molecular complexity index is 464. The Morgan fingerprint density at radius 1 is 0.205 bits per heavy atom. The van der Waals surface area contributed by atoms with Gasteiger partial charge in [0.1, 0.15) is 0 Å². The molecule has 3 heteroatoms. The molecular weight excluding hydrogens is 689 g/mol. The van der Waals surface area contributed by atoms with Crippen molar-refractivity contribution >= 4 is 15.8 Å². The summed E-state index contributed by atoms with van der Waals surface area (Å²) in [5.74, 6) is 0. The van der Waals surface area contributed by atoms with Gasteiger partial charge in [-0.25, -0.2) is 0 Å². The van der Waals surface area contributed by atoms with E-state index in [0.717, 1.165) is 0 Å². The smallest absolute Gasteiger partial charge is 0.0530 e. The molecule has 0 saturated heterocycles. The zero-order valence-electron chi connectivity index (χ0n) is 26.0. The summed E-state index contributed by atoms with van der Waals surface area (Å²) in [6, 6.07) is 0. The Morgan fingerprint density at radius 3 is 0.462 bits per heavy atom. The minimum atomic E-state index is -0.0465. The van der Waals surface area contributed by atoms with Crippen LogP contribution in [0.2, 0.25) is 0 Å². The molecule has 0 spiro atoms. The van der Waals surface area contributed by atoms with Gasteiger partial charge in [-0.2, -0.15) is 0 Å². The normalized spacial score (nSPS) is 28.2. The number of rotatable bonds is 6. The predicted molar refractivity (Wildman–Crippen MR) is 178 cm³/mol. The van der Waals surface area contributed by atoms with Gasteiger partial charge in [-0.15, -0.1) is 0 Å². The van der Waals surface area contributed by atoms with Gasteiger partial charge in [-0.05, 0) is 154 Å². The van der Waals surface area contributed by atoms with Crippen LogP contribution in [0.1, 0.15) is 193 Å². The van der Waals surface area contributed by atoms with Gasteiger partial charge in [0, 0.05) is 36.9 Å². The minimum absolute atomic E-state index is 0. The molecule has 0 atom stereocenters. The first kappa shape index (κ1) is 33.4. The van der Waals surface area contributed by atoms with Gasteiger partial charge in [-0.1, -0.05) is 38.5 Å². The second-order valence-corrected chi connectivity index (χ2v) is 21.9. The van der Waals surface area contributed by atoms with Crippen LogP contribution < -0.4 is 0 Å². The molecule has 0 aromatic rings. The molecule has 0 aliphatic heterocycles. The second kappa shape index (κ2) is 19.0. The zero-order valence-corrected chi connectivity index (χ0v) is 30.3. The van der Waals surface area contributed by atoms with E-state index in [2.05, 4.69) is 0 Å². The van der Waals surface area contributed by atoms with E-state index in [1.165, 1.54) is 34.0 Å². The van der Waals surface area contributed by atoms with Gasteiger partial charge >= 0.3 is 0 Å². The topological polar surface area (TPSA) is 0 Å². The molecule has 0 bridgehead atoms. The van der Waals surface area contributed by atoms with E-state index in [4.69, 9.17) is 0 Å². The molecule has 230 valence electrons. The molecule has 0 N–H and O–H groups in total. The fourth-order valence-corrected chi connectivity index (χ4v) is 21.1.